The van der Waals surface area contributed by atoms with Crippen molar-refractivity contribution in [2.24, 2.45) is 0 Å². The first kappa shape index (κ1) is 10.8. The second-order valence-corrected chi connectivity index (χ2v) is 4.02. The molecule has 18 heavy (non-hydrogen) atoms. The van der Waals surface area contributed by atoms with Crippen LogP contribution in [-0.4, -0.2) is 11.6 Å². The van der Waals surface area contributed by atoms with Crippen molar-refractivity contribution in [2.75, 3.05) is 0 Å². The van der Waals surface area contributed by atoms with E-state index in [2.05, 4.69) is 0 Å². The van der Waals surface area contributed by atoms with Crippen LogP contribution in [0.15, 0.2) is 36.4 Å². The van der Waals surface area contributed by atoms with Crippen LogP contribution in [0.2, 0.25) is 0 Å². The van der Waals surface area contributed by atoms with E-state index in [1.807, 2.05) is 0 Å². The van der Waals surface area contributed by atoms with Gasteiger partial charge in [0.15, 0.2) is 11.6 Å². The van der Waals surface area contributed by atoms with E-state index in [1.54, 1.807) is 18.2 Å². The predicted molar refractivity (Wildman–Crippen MR) is 60.5 cm³/mol. The fourth-order valence-corrected chi connectivity index (χ4v) is 2.12. The van der Waals surface area contributed by atoms with Gasteiger partial charge in [-0.15, -0.1) is 0 Å². The highest BCUT2D eigenvalue weighted by Crippen LogP contribution is 2.34. The van der Waals surface area contributed by atoms with Gasteiger partial charge in [-0.3, -0.25) is 9.59 Å². The maximum Gasteiger partial charge on any atom is 0.234 e. The summed E-state index contributed by atoms with van der Waals surface area (Å²) in [5.74, 6) is -3.66. The number of benzene rings is 2. The first-order valence-corrected chi connectivity index (χ1v) is 5.27. The minimum Gasteiger partial charge on any atom is -0.285 e. The second kappa shape index (κ2) is 3.57. The first-order valence-electron chi connectivity index (χ1n) is 5.27. The summed E-state index contributed by atoms with van der Waals surface area (Å²) in [7, 11) is 0. The highest BCUT2D eigenvalue weighted by atomic mass is 19.2. The summed E-state index contributed by atoms with van der Waals surface area (Å²) in [6, 6.07) is 8.13. The predicted octanol–water partition coefficient (Wildman–Crippen LogP) is 3.01. The number of carbonyl (C=O) groups is 2. The van der Waals surface area contributed by atoms with Gasteiger partial charge in [0, 0.05) is 11.1 Å². The third-order valence-electron chi connectivity index (χ3n) is 2.97. The quantitative estimate of drug-likeness (QED) is 0.667. The molecule has 0 amide bonds. The van der Waals surface area contributed by atoms with Crippen LogP contribution < -0.4 is 0 Å². The summed E-state index contributed by atoms with van der Waals surface area (Å²) < 4.78 is 26.4. The summed E-state index contributed by atoms with van der Waals surface area (Å²) in [5.41, 5.74) is 0.851. The van der Waals surface area contributed by atoms with Crippen LogP contribution >= 0.6 is 0 Å². The maximum atomic E-state index is 13.3. The fraction of sp³-hybridized carbons (Fsp3) is 0. The van der Waals surface area contributed by atoms with E-state index in [-0.39, 0.29) is 16.7 Å². The van der Waals surface area contributed by atoms with Gasteiger partial charge >= 0.3 is 0 Å². The number of ketones is 2. The number of hydrogen-bond donors (Lipinski definition) is 0. The van der Waals surface area contributed by atoms with Crippen molar-refractivity contribution in [3.63, 3.8) is 0 Å². The van der Waals surface area contributed by atoms with Crippen LogP contribution in [0, 0.1) is 11.6 Å². The van der Waals surface area contributed by atoms with Crippen molar-refractivity contribution in [3.05, 3.63) is 59.2 Å². The minimum absolute atomic E-state index is 0.0856. The van der Waals surface area contributed by atoms with Crippen molar-refractivity contribution in [1.82, 2.24) is 0 Å². The lowest BCUT2D eigenvalue weighted by Crippen LogP contribution is -2.21. The molecular formula is C14H6F2O2. The van der Waals surface area contributed by atoms with Gasteiger partial charge in [-0.2, -0.15) is 0 Å². The van der Waals surface area contributed by atoms with Crippen molar-refractivity contribution < 1.29 is 18.4 Å². The van der Waals surface area contributed by atoms with E-state index in [1.165, 1.54) is 6.07 Å². The minimum atomic E-state index is -1.13. The number of rotatable bonds is 0. The molecule has 0 saturated heterocycles. The molecule has 0 N–H and O–H groups in total. The van der Waals surface area contributed by atoms with Gasteiger partial charge in [0.1, 0.15) is 0 Å². The Morgan fingerprint density at radius 3 is 1.83 bits per heavy atom. The van der Waals surface area contributed by atoms with Gasteiger partial charge in [0.25, 0.3) is 0 Å². The van der Waals surface area contributed by atoms with E-state index >= 15 is 0 Å². The molecule has 0 fully saturated rings. The molecule has 0 saturated carbocycles. The van der Waals surface area contributed by atoms with Gasteiger partial charge < -0.3 is 0 Å². The van der Waals surface area contributed by atoms with Crippen LogP contribution in [-0.2, 0) is 0 Å². The van der Waals surface area contributed by atoms with Crippen molar-refractivity contribution in [2.45, 2.75) is 0 Å². The standard InChI is InChI=1S/C14H6F2O2/c15-11-5-9-7-3-1-2-4-8(7)13(17)14(18)10(9)6-12(11)16/h1-6H. The second-order valence-electron chi connectivity index (χ2n) is 4.02. The van der Waals surface area contributed by atoms with Crippen LogP contribution in [0.5, 0.6) is 0 Å². The molecule has 2 nitrogen and oxygen atoms in total. The highest BCUT2D eigenvalue weighted by molar-refractivity contribution is 6.52. The maximum absolute atomic E-state index is 13.3. The lowest BCUT2D eigenvalue weighted by molar-refractivity contribution is 0.0815. The van der Waals surface area contributed by atoms with Gasteiger partial charge in [0.2, 0.25) is 11.6 Å². The zero-order chi connectivity index (χ0) is 12.9. The first-order chi connectivity index (χ1) is 8.59. The normalized spacial score (nSPS) is 13.2. The number of Topliss-reactive ketones (excluding diaryl/α,β-unsaturated/α-hetero) is 2. The van der Waals surface area contributed by atoms with E-state index < -0.39 is 23.2 Å². The molecule has 88 valence electrons. The molecular weight excluding hydrogens is 238 g/mol. The molecule has 0 unspecified atom stereocenters. The van der Waals surface area contributed by atoms with Crippen molar-refractivity contribution >= 4 is 11.6 Å². The van der Waals surface area contributed by atoms with Crippen molar-refractivity contribution in [3.8, 4) is 11.1 Å². The summed E-state index contributed by atoms with van der Waals surface area (Å²) in [5, 5.41) is 0. The lowest BCUT2D eigenvalue weighted by atomic mass is 9.84. The Balaban J connectivity index is 2.41. The molecule has 4 heteroatoms. The molecule has 2 aromatic carbocycles. The summed E-state index contributed by atoms with van der Waals surface area (Å²) in [6.07, 6.45) is 0. The Morgan fingerprint density at radius 2 is 1.17 bits per heavy atom. The Hall–Kier alpha value is -2.36. The average molecular weight is 244 g/mol. The van der Waals surface area contributed by atoms with Crippen LogP contribution in [0.25, 0.3) is 11.1 Å². The average Bonchev–Trinajstić information content (AvgIpc) is 2.38. The third-order valence-corrected chi connectivity index (χ3v) is 2.97. The molecule has 3 rings (SSSR count). The number of halogens is 2. The van der Waals surface area contributed by atoms with Crippen LogP contribution in [0.4, 0.5) is 8.78 Å². The smallest absolute Gasteiger partial charge is 0.234 e. The molecule has 1 aliphatic carbocycles. The largest absolute Gasteiger partial charge is 0.285 e. The van der Waals surface area contributed by atoms with Gasteiger partial charge in [0.05, 0.1) is 0 Å². The Morgan fingerprint density at radius 1 is 0.667 bits per heavy atom. The molecule has 2 aromatic rings. The summed E-state index contributed by atoms with van der Waals surface area (Å²) >= 11 is 0. The third kappa shape index (κ3) is 1.32. The molecule has 0 bridgehead atoms. The fourth-order valence-electron chi connectivity index (χ4n) is 2.12. The van der Waals surface area contributed by atoms with E-state index in [9.17, 15) is 18.4 Å². The summed E-state index contributed by atoms with van der Waals surface area (Å²) in [4.78, 5) is 23.6. The number of hydrogen-bond acceptors (Lipinski definition) is 2. The molecule has 0 heterocycles. The van der Waals surface area contributed by atoms with Crippen molar-refractivity contribution in [1.29, 1.82) is 0 Å². The summed E-state index contributed by atoms with van der Waals surface area (Å²) in [6.45, 7) is 0. The van der Waals surface area contributed by atoms with Crippen LogP contribution in [0.1, 0.15) is 20.7 Å². The van der Waals surface area contributed by atoms with Gasteiger partial charge in [-0.1, -0.05) is 24.3 Å². The van der Waals surface area contributed by atoms with E-state index in [0.29, 0.717) is 5.56 Å². The monoisotopic (exact) mass is 244 g/mol. The SMILES string of the molecule is O=C1C(=O)c2cc(F)c(F)cc2-c2ccccc21. The molecule has 0 radical (unpaired) electrons. The Kier molecular flexibility index (Phi) is 2.13. The van der Waals surface area contributed by atoms with Gasteiger partial charge in [-0.05, 0) is 23.3 Å². The molecule has 0 atom stereocenters. The molecule has 0 spiro atoms. The van der Waals surface area contributed by atoms with E-state index in [4.69, 9.17) is 0 Å². The Labute approximate surface area is 101 Å². The Bertz CT molecular complexity index is 705. The zero-order valence-corrected chi connectivity index (χ0v) is 9.04. The highest BCUT2D eigenvalue weighted by Gasteiger charge is 2.31. The number of fused-ring (bicyclic) bond motifs is 3. The van der Waals surface area contributed by atoms with Gasteiger partial charge in [-0.25, -0.2) is 8.78 Å². The molecule has 0 aliphatic heterocycles. The molecule has 0 aromatic heterocycles. The molecule has 1 aliphatic rings. The topological polar surface area (TPSA) is 34.1 Å². The number of carbonyl (C=O) groups excluding carboxylic acids is 2. The lowest BCUT2D eigenvalue weighted by Gasteiger charge is -2.17. The zero-order valence-electron chi connectivity index (χ0n) is 9.04. The van der Waals surface area contributed by atoms with Crippen LogP contribution in [0.3, 0.4) is 0 Å². The van der Waals surface area contributed by atoms with E-state index in [0.717, 1.165) is 12.1 Å².